The van der Waals surface area contributed by atoms with Gasteiger partial charge in [0, 0.05) is 0 Å². The Morgan fingerprint density at radius 2 is 0.906 bits per heavy atom. The maximum atomic E-state index is 2.26. The van der Waals surface area contributed by atoms with Crippen LogP contribution in [0.4, 0.5) is 0 Å². The van der Waals surface area contributed by atoms with E-state index in [0.29, 0.717) is 0 Å². The third kappa shape index (κ3) is 8.73. The smallest absolute Gasteiger partial charge is 1.00 e. The molecule has 0 spiro atoms. The molecule has 4 aromatic carbocycles. The molecule has 0 bridgehead atoms. The molecule has 0 fully saturated rings. The van der Waals surface area contributed by atoms with Crippen LogP contribution < -0.4 is 24.8 Å². The Morgan fingerprint density at radius 3 is 1.19 bits per heavy atom. The predicted molar refractivity (Wildman–Crippen MR) is 133 cm³/mol. The maximum Gasteiger partial charge on any atom is -1.00 e. The van der Waals surface area contributed by atoms with Gasteiger partial charge in [0.2, 0.25) is 0 Å². The average molecular weight is 634 g/mol. The van der Waals surface area contributed by atoms with E-state index in [9.17, 15) is 0 Å². The van der Waals surface area contributed by atoms with Gasteiger partial charge in [-0.1, -0.05) is 64.5 Å². The Morgan fingerprint density at radius 1 is 0.625 bits per heavy atom. The van der Waals surface area contributed by atoms with Crippen LogP contribution in [0.25, 0.3) is 21.5 Å². The van der Waals surface area contributed by atoms with E-state index >= 15 is 0 Å². The van der Waals surface area contributed by atoms with Crippen LogP contribution >= 0.6 is 0 Å². The number of hydrogen-bond donors (Lipinski definition) is 0. The first-order chi connectivity index (χ1) is 13.9. The van der Waals surface area contributed by atoms with Crippen LogP contribution in [0.5, 0.6) is 0 Å². The minimum Gasteiger partial charge on any atom is -1.00 e. The topological polar surface area (TPSA) is 0 Å². The van der Waals surface area contributed by atoms with Gasteiger partial charge in [0.15, 0.2) is 0 Å². The Hall–Kier alpha value is -1.02. The van der Waals surface area contributed by atoms with Gasteiger partial charge in [0.1, 0.15) is 0 Å². The van der Waals surface area contributed by atoms with Crippen molar-refractivity contribution in [2.75, 3.05) is 0 Å². The standard InChI is InChI=1S/2C13H15.C3H6.2ClH.Hf/c2*1-13(2,3)12-9-8-10-6-4-5-7-11(10)12;1-3-2;;;/h2*4-9H,1-3H3;1-2H3;2*1H;/q2*-1;;;;+2/p-2. The predicted octanol–water partition coefficient (Wildman–Crippen LogP) is 2.47. The largest absolute Gasteiger partial charge is 1.00 e. The van der Waals surface area contributed by atoms with Gasteiger partial charge in [-0.25, -0.2) is 0 Å². The van der Waals surface area contributed by atoms with Gasteiger partial charge in [0.25, 0.3) is 0 Å². The summed E-state index contributed by atoms with van der Waals surface area (Å²) in [4.78, 5) is 0. The van der Waals surface area contributed by atoms with Gasteiger partial charge in [-0.05, 0) is 0 Å². The summed E-state index contributed by atoms with van der Waals surface area (Å²) in [6.07, 6.45) is 0. The first-order valence-corrected chi connectivity index (χ1v) is 12.5. The zero-order valence-electron chi connectivity index (χ0n) is 20.7. The summed E-state index contributed by atoms with van der Waals surface area (Å²) < 4.78 is 1.56. The molecule has 0 saturated heterocycles. The summed E-state index contributed by atoms with van der Waals surface area (Å²) in [5.74, 6) is 0. The van der Waals surface area contributed by atoms with Crippen molar-refractivity contribution in [2.24, 2.45) is 0 Å². The summed E-state index contributed by atoms with van der Waals surface area (Å²) in [6, 6.07) is 26.0. The second-order valence-electron chi connectivity index (χ2n) is 10.2. The van der Waals surface area contributed by atoms with Crippen LogP contribution in [-0.4, -0.2) is 3.26 Å². The van der Waals surface area contributed by atoms with Crippen molar-refractivity contribution in [3.05, 3.63) is 83.9 Å². The molecule has 0 aliphatic carbocycles. The molecule has 172 valence electrons. The fraction of sp³-hybridized carbons (Fsp3) is 0.345. The van der Waals surface area contributed by atoms with E-state index in [4.69, 9.17) is 0 Å². The molecule has 0 nitrogen and oxygen atoms in total. The second-order valence-corrected chi connectivity index (χ2v) is 13.8. The molecule has 0 unspecified atom stereocenters. The average Bonchev–Trinajstić information content (AvgIpc) is 3.25. The van der Waals surface area contributed by atoms with E-state index < -0.39 is 0 Å². The molecular formula is C29H36Cl2Hf-2. The Balaban J connectivity index is 0.000000490. The van der Waals surface area contributed by atoms with E-state index in [-0.39, 0.29) is 35.6 Å². The van der Waals surface area contributed by atoms with Crippen LogP contribution in [0.2, 0.25) is 0 Å². The first kappa shape index (κ1) is 31.0. The molecule has 0 amide bonds. The molecule has 3 heteroatoms. The van der Waals surface area contributed by atoms with Gasteiger partial charge in [-0.2, -0.15) is 0 Å². The molecule has 32 heavy (non-hydrogen) atoms. The number of rotatable bonds is 0. The molecule has 0 saturated carbocycles. The number of benzene rings is 2. The van der Waals surface area contributed by atoms with Gasteiger partial charge in [0.05, 0.1) is 0 Å². The van der Waals surface area contributed by atoms with Gasteiger partial charge in [-0.15, -0.1) is 93.3 Å². The van der Waals surface area contributed by atoms with Crippen molar-refractivity contribution in [3.63, 3.8) is 0 Å². The zero-order valence-corrected chi connectivity index (χ0v) is 25.8. The summed E-state index contributed by atoms with van der Waals surface area (Å²) in [6.45, 7) is 17.8. The molecule has 0 atom stereocenters. The Bertz CT molecular complexity index is 1010. The van der Waals surface area contributed by atoms with Crippen LogP contribution in [0.15, 0.2) is 72.8 Å². The van der Waals surface area contributed by atoms with Gasteiger partial charge >= 0.3 is 41.0 Å². The summed E-state index contributed by atoms with van der Waals surface area (Å²) in [7, 11) is 0. The van der Waals surface area contributed by atoms with Crippen LogP contribution in [0.3, 0.4) is 0 Å². The van der Waals surface area contributed by atoms with Crippen molar-refractivity contribution in [1.82, 2.24) is 0 Å². The van der Waals surface area contributed by atoms with E-state index in [1.165, 1.54) is 56.6 Å². The fourth-order valence-electron chi connectivity index (χ4n) is 3.61. The normalized spacial score (nSPS) is 10.8. The summed E-state index contributed by atoms with van der Waals surface area (Å²) >= 11 is 1.27. The monoisotopic (exact) mass is 634 g/mol. The molecular weight excluding hydrogens is 598 g/mol. The SMILES string of the molecule is CC(C)(C)c1c[cH-]c2ccccc12.CC(C)(C)c1c[cH-]c2ccccc12.C[C](C)=[Hf+2].[Cl-].[Cl-]. The second kappa shape index (κ2) is 13.0. The van der Waals surface area contributed by atoms with Crippen LogP contribution in [0.1, 0.15) is 66.5 Å². The summed E-state index contributed by atoms with van der Waals surface area (Å²) in [5.41, 5.74) is 3.40. The van der Waals surface area contributed by atoms with Crippen molar-refractivity contribution in [2.45, 2.75) is 66.2 Å². The minimum absolute atomic E-state index is 0. The van der Waals surface area contributed by atoms with E-state index in [2.05, 4.69) is 128 Å². The zero-order chi connectivity index (χ0) is 22.5. The number of fused-ring (bicyclic) bond motifs is 2. The van der Waals surface area contributed by atoms with Gasteiger partial charge < -0.3 is 24.8 Å². The fourth-order valence-corrected chi connectivity index (χ4v) is 3.61. The molecule has 0 N–H and O–H groups in total. The quantitative estimate of drug-likeness (QED) is 0.206. The summed E-state index contributed by atoms with van der Waals surface area (Å²) in [5, 5.41) is 5.50. The van der Waals surface area contributed by atoms with Crippen LogP contribution in [0, 0.1) is 0 Å². The van der Waals surface area contributed by atoms with E-state index in [1.807, 2.05) is 0 Å². The molecule has 0 heterocycles. The van der Waals surface area contributed by atoms with Crippen molar-refractivity contribution < 1.29 is 48.7 Å². The molecule has 0 aromatic heterocycles. The van der Waals surface area contributed by atoms with Crippen molar-refractivity contribution in [1.29, 1.82) is 0 Å². The van der Waals surface area contributed by atoms with Crippen molar-refractivity contribution >= 4 is 24.8 Å². The Labute approximate surface area is 222 Å². The van der Waals surface area contributed by atoms with E-state index in [1.54, 1.807) is 3.26 Å². The molecule has 0 aliphatic rings. The molecule has 0 radical (unpaired) electrons. The van der Waals surface area contributed by atoms with Gasteiger partial charge in [-0.3, -0.25) is 0 Å². The third-order valence-electron chi connectivity index (χ3n) is 4.98. The molecule has 4 aromatic rings. The molecule has 0 aliphatic heterocycles. The van der Waals surface area contributed by atoms with Crippen molar-refractivity contribution in [3.8, 4) is 0 Å². The third-order valence-corrected chi connectivity index (χ3v) is 4.98. The van der Waals surface area contributed by atoms with Crippen LogP contribution in [-0.2, 0) is 34.7 Å². The first-order valence-electron chi connectivity index (χ1n) is 10.7. The number of hydrogen-bond acceptors (Lipinski definition) is 0. The molecule has 4 rings (SSSR count). The minimum atomic E-state index is 0. The van der Waals surface area contributed by atoms with E-state index in [0.717, 1.165) is 0 Å². The maximum absolute atomic E-state index is 2.26. The Kier molecular flexibility index (Phi) is 12.6. The number of halogens is 2.